The Bertz CT molecular complexity index is 1930. The van der Waals surface area contributed by atoms with Crippen LogP contribution < -0.4 is 4.89 Å². The number of nitrogens with zero attached hydrogens (tertiary/aromatic N) is 1. The van der Waals surface area contributed by atoms with E-state index < -0.39 is 32.5 Å². The molecule has 0 aliphatic heterocycles. The smallest absolute Gasteiger partial charge is 0.306 e. The molecule has 0 aromatic carbocycles. The summed E-state index contributed by atoms with van der Waals surface area (Å²) in [5.41, 5.74) is 0. The van der Waals surface area contributed by atoms with Gasteiger partial charge in [0.1, 0.15) is 19.8 Å². The standard InChI is InChI=1S/C74H124NO8P/c1-6-8-10-12-14-16-18-20-22-24-26-27-28-29-30-31-32-33-34-35-36-37-38-39-40-41-42-43-44-45-46-47-49-51-53-55-57-59-61-63-65-67-74(77)83-72(71-82-84(78,79)81-69-68-75(3,4)5)70-80-73(76)66-64-62-60-58-56-54-52-50-48-25-23-21-19-17-15-13-11-9-7-2/h8-11,14-17,20-23,26-27,29-30,32-33,48,50,54,56,60,62,72H,6-7,12-13,18-19,24-25,28,31,34-47,49,51-53,55,57-59,61,63-71H2,1-5H3/b10-8-,11-9-,16-14-,17-15-,22-20-,23-21-,27-26-,30-29-,33-32-,50-48-,56-54-,62-60-. The lowest BCUT2D eigenvalue weighted by molar-refractivity contribution is -0.870. The molecule has 0 aliphatic rings. The van der Waals surface area contributed by atoms with Crippen LogP contribution in [0.2, 0.25) is 0 Å². The van der Waals surface area contributed by atoms with Crippen molar-refractivity contribution in [2.24, 2.45) is 0 Å². The Morgan fingerprint density at radius 1 is 0.369 bits per heavy atom. The molecule has 0 bridgehead atoms. The number of quaternary nitrogens is 1. The van der Waals surface area contributed by atoms with Gasteiger partial charge in [-0.15, -0.1) is 0 Å². The lowest BCUT2D eigenvalue weighted by atomic mass is 10.0. The van der Waals surface area contributed by atoms with Crippen molar-refractivity contribution in [1.82, 2.24) is 0 Å². The molecular weight excluding hydrogens is 1060 g/mol. The maximum atomic E-state index is 12.8. The molecule has 0 radical (unpaired) electrons. The first-order valence-corrected chi connectivity index (χ1v) is 35.0. The van der Waals surface area contributed by atoms with Crippen molar-refractivity contribution in [3.63, 3.8) is 0 Å². The van der Waals surface area contributed by atoms with Crippen molar-refractivity contribution in [3.05, 3.63) is 146 Å². The topological polar surface area (TPSA) is 111 Å². The molecule has 0 saturated heterocycles. The summed E-state index contributed by atoms with van der Waals surface area (Å²) in [6.45, 7) is 3.92. The van der Waals surface area contributed by atoms with E-state index in [0.717, 1.165) is 96.3 Å². The van der Waals surface area contributed by atoms with Gasteiger partial charge in [0.05, 0.1) is 27.7 Å². The molecule has 478 valence electrons. The van der Waals surface area contributed by atoms with Gasteiger partial charge in [0.15, 0.2) is 6.10 Å². The summed E-state index contributed by atoms with van der Waals surface area (Å²) in [5.74, 6) is -0.933. The third-order valence-electron chi connectivity index (χ3n) is 13.9. The van der Waals surface area contributed by atoms with E-state index in [1.165, 1.54) is 122 Å². The average Bonchev–Trinajstić information content (AvgIpc) is 3.61. The second-order valence-electron chi connectivity index (χ2n) is 23.1. The minimum atomic E-state index is -4.66. The van der Waals surface area contributed by atoms with E-state index in [-0.39, 0.29) is 26.1 Å². The number of likely N-dealkylation sites (N-methyl/N-ethyl adjacent to an activating group) is 1. The fraction of sp³-hybridized carbons (Fsp3) is 0.649. The zero-order valence-electron chi connectivity index (χ0n) is 54.3. The molecule has 2 atom stereocenters. The van der Waals surface area contributed by atoms with Crippen LogP contribution in [0.5, 0.6) is 0 Å². The van der Waals surface area contributed by atoms with Crippen LogP contribution in [-0.4, -0.2) is 70.0 Å². The Kier molecular flexibility index (Phi) is 60.3. The highest BCUT2D eigenvalue weighted by atomic mass is 31.2. The number of carbonyl (C=O) groups excluding carboxylic acids is 2. The molecule has 9 nitrogen and oxygen atoms in total. The predicted octanol–water partition coefficient (Wildman–Crippen LogP) is 21.2. The fourth-order valence-electron chi connectivity index (χ4n) is 8.80. The first-order valence-electron chi connectivity index (χ1n) is 33.5. The molecule has 0 spiro atoms. The van der Waals surface area contributed by atoms with Crippen LogP contribution in [0.4, 0.5) is 0 Å². The monoisotopic (exact) mass is 1190 g/mol. The zero-order valence-corrected chi connectivity index (χ0v) is 55.2. The van der Waals surface area contributed by atoms with Gasteiger partial charge in [-0.2, -0.15) is 0 Å². The van der Waals surface area contributed by atoms with E-state index in [9.17, 15) is 19.0 Å². The molecule has 0 rings (SSSR count). The number of hydrogen-bond acceptors (Lipinski definition) is 8. The average molecular weight is 1190 g/mol. The summed E-state index contributed by atoms with van der Waals surface area (Å²) in [4.78, 5) is 37.9. The van der Waals surface area contributed by atoms with Crippen molar-refractivity contribution in [2.75, 3.05) is 47.5 Å². The number of ether oxygens (including phenoxy) is 2. The van der Waals surface area contributed by atoms with Crippen LogP contribution in [0, 0.1) is 0 Å². The molecule has 0 N–H and O–H groups in total. The summed E-state index contributed by atoms with van der Waals surface area (Å²) in [7, 11) is 1.12. The number of allylic oxidation sites excluding steroid dienone is 24. The van der Waals surface area contributed by atoms with Crippen LogP contribution in [0.25, 0.3) is 0 Å². The van der Waals surface area contributed by atoms with Crippen molar-refractivity contribution < 1.29 is 42.1 Å². The van der Waals surface area contributed by atoms with Gasteiger partial charge in [-0.3, -0.25) is 14.2 Å². The first-order chi connectivity index (χ1) is 41.0. The van der Waals surface area contributed by atoms with Crippen LogP contribution in [-0.2, 0) is 32.7 Å². The fourth-order valence-corrected chi connectivity index (χ4v) is 9.53. The number of carbonyl (C=O) groups is 2. The molecule has 0 aromatic heterocycles. The molecule has 0 saturated carbocycles. The second-order valence-corrected chi connectivity index (χ2v) is 24.5. The summed E-state index contributed by atoms with van der Waals surface area (Å²) < 4.78 is 34.1. The maximum absolute atomic E-state index is 12.8. The molecule has 0 heterocycles. The molecule has 10 heteroatoms. The van der Waals surface area contributed by atoms with Gasteiger partial charge in [0, 0.05) is 12.8 Å². The van der Waals surface area contributed by atoms with E-state index in [1.807, 2.05) is 33.3 Å². The van der Waals surface area contributed by atoms with E-state index in [0.29, 0.717) is 23.9 Å². The quantitative estimate of drug-likeness (QED) is 0.0195. The summed E-state index contributed by atoms with van der Waals surface area (Å²) >= 11 is 0. The summed E-state index contributed by atoms with van der Waals surface area (Å²) in [6, 6.07) is 0. The van der Waals surface area contributed by atoms with Crippen molar-refractivity contribution >= 4 is 19.8 Å². The normalized spacial score (nSPS) is 14.1. The minimum Gasteiger partial charge on any atom is -0.756 e. The highest BCUT2D eigenvalue weighted by Crippen LogP contribution is 2.38. The highest BCUT2D eigenvalue weighted by Gasteiger charge is 2.21. The molecule has 84 heavy (non-hydrogen) atoms. The van der Waals surface area contributed by atoms with Gasteiger partial charge in [0.25, 0.3) is 7.82 Å². The number of phosphoric ester groups is 1. The van der Waals surface area contributed by atoms with Crippen LogP contribution in [0.15, 0.2) is 146 Å². The van der Waals surface area contributed by atoms with Crippen molar-refractivity contribution in [1.29, 1.82) is 0 Å². The lowest BCUT2D eigenvalue weighted by Crippen LogP contribution is -2.37. The SMILES string of the molecule is CC/C=C\C/C=C\C/C=C\C/C=C\C/C=C\C/C=C\CCCCCCCCCCCCCCCCCCCCCCCCC(=O)OC(COC(=O)CC/C=C\C/C=C\C/C=C\C/C=C\C/C=C\C/C=C\CC)COP(=O)([O-])OCC[N+](C)(C)C. The van der Waals surface area contributed by atoms with Gasteiger partial charge >= 0.3 is 11.9 Å². The largest absolute Gasteiger partial charge is 0.756 e. The Hall–Kier alpha value is -4.11. The third-order valence-corrected chi connectivity index (χ3v) is 14.8. The van der Waals surface area contributed by atoms with Crippen molar-refractivity contribution in [3.8, 4) is 0 Å². The van der Waals surface area contributed by atoms with E-state index in [4.69, 9.17) is 18.5 Å². The van der Waals surface area contributed by atoms with Gasteiger partial charge < -0.3 is 27.9 Å². The third kappa shape index (κ3) is 67.0. The maximum Gasteiger partial charge on any atom is 0.306 e. The molecule has 0 aliphatic carbocycles. The molecule has 0 aromatic rings. The van der Waals surface area contributed by atoms with Crippen molar-refractivity contribution in [2.45, 2.75) is 264 Å². The minimum absolute atomic E-state index is 0.0473. The van der Waals surface area contributed by atoms with Crippen LogP contribution >= 0.6 is 7.82 Å². The summed E-state index contributed by atoms with van der Waals surface area (Å²) in [5, 5.41) is 0. The van der Waals surface area contributed by atoms with Gasteiger partial charge in [-0.05, 0) is 103 Å². The van der Waals surface area contributed by atoms with Gasteiger partial charge in [-0.1, -0.05) is 288 Å². The predicted molar refractivity (Wildman–Crippen MR) is 360 cm³/mol. The molecule has 0 amide bonds. The lowest BCUT2D eigenvalue weighted by Gasteiger charge is -2.28. The van der Waals surface area contributed by atoms with Gasteiger partial charge in [-0.25, -0.2) is 0 Å². The zero-order chi connectivity index (χ0) is 61.2. The molecule has 2 unspecified atom stereocenters. The number of phosphoric acid groups is 1. The second kappa shape index (κ2) is 63.4. The van der Waals surface area contributed by atoms with Crippen LogP contribution in [0.3, 0.4) is 0 Å². The van der Waals surface area contributed by atoms with E-state index >= 15 is 0 Å². The number of hydrogen-bond donors (Lipinski definition) is 0. The Morgan fingerprint density at radius 3 is 1.00 bits per heavy atom. The molecule has 0 fully saturated rings. The number of rotatable bonds is 60. The number of unbranched alkanes of at least 4 members (excludes halogenated alkanes) is 22. The van der Waals surface area contributed by atoms with E-state index in [1.54, 1.807) is 0 Å². The Balaban J connectivity index is 4.02. The Morgan fingerprint density at radius 2 is 0.667 bits per heavy atom. The highest BCUT2D eigenvalue weighted by molar-refractivity contribution is 7.45. The van der Waals surface area contributed by atoms with Gasteiger partial charge in [0.2, 0.25) is 0 Å². The number of esters is 2. The Labute approximate surface area is 516 Å². The van der Waals surface area contributed by atoms with E-state index in [2.05, 4.69) is 148 Å². The first kappa shape index (κ1) is 79.9. The van der Waals surface area contributed by atoms with Crippen LogP contribution in [0.1, 0.15) is 258 Å². The summed E-state index contributed by atoms with van der Waals surface area (Å²) in [6.07, 6.45) is 93.8. The molecular formula is C74H124NO8P.